The number of rotatable bonds is 8. The Morgan fingerprint density at radius 1 is 1.20 bits per heavy atom. The van der Waals surface area contributed by atoms with Crippen molar-refractivity contribution >= 4 is 0 Å². The molecule has 1 unspecified atom stereocenters. The van der Waals surface area contributed by atoms with Gasteiger partial charge in [0.2, 0.25) is 0 Å². The zero-order valence-electron chi connectivity index (χ0n) is 13.2. The van der Waals surface area contributed by atoms with Crippen molar-refractivity contribution in [3.63, 3.8) is 0 Å². The van der Waals surface area contributed by atoms with E-state index < -0.39 is 0 Å². The molecule has 0 amide bonds. The first-order chi connectivity index (χ1) is 9.56. The van der Waals surface area contributed by atoms with Crippen LogP contribution in [0.4, 0.5) is 0 Å². The van der Waals surface area contributed by atoms with Gasteiger partial charge in [0.25, 0.3) is 0 Å². The minimum atomic E-state index is -0.324. The standard InChI is InChI=1S/C18H29NO/c1-14(2)9-11-19(17-7-8-17)12-10-18(20)16-6-4-5-15(3)13-16/h4-6,13-14,17-18,20H,7-12H2,1-3H3. The second kappa shape index (κ2) is 7.24. The fourth-order valence-electron chi connectivity index (χ4n) is 2.67. The third-order valence-electron chi connectivity index (χ3n) is 4.17. The molecule has 2 rings (SSSR count). The van der Waals surface area contributed by atoms with Crippen LogP contribution in [0.2, 0.25) is 0 Å². The summed E-state index contributed by atoms with van der Waals surface area (Å²) in [5.74, 6) is 0.762. The summed E-state index contributed by atoms with van der Waals surface area (Å²) in [6.07, 6.45) is 4.47. The van der Waals surface area contributed by atoms with Crippen LogP contribution in [0.25, 0.3) is 0 Å². The van der Waals surface area contributed by atoms with Gasteiger partial charge in [-0.3, -0.25) is 0 Å². The number of benzene rings is 1. The molecule has 0 bridgehead atoms. The Labute approximate surface area is 123 Å². The maximum absolute atomic E-state index is 10.3. The summed E-state index contributed by atoms with van der Waals surface area (Å²) < 4.78 is 0. The van der Waals surface area contributed by atoms with E-state index in [1.165, 1.54) is 31.4 Å². The Kier molecular flexibility index (Phi) is 5.62. The van der Waals surface area contributed by atoms with Gasteiger partial charge in [-0.25, -0.2) is 0 Å². The van der Waals surface area contributed by atoms with Gasteiger partial charge in [-0.05, 0) is 50.6 Å². The highest BCUT2D eigenvalue weighted by Crippen LogP contribution is 2.29. The van der Waals surface area contributed by atoms with Crippen molar-refractivity contribution in [3.05, 3.63) is 35.4 Å². The molecular weight excluding hydrogens is 246 g/mol. The van der Waals surface area contributed by atoms with Crippen LogP contribution in [0.1, 0.15) is 56.8 Å². The molecule has 2 heteroatoms. The van der Waals surface area contributed by atoms with Crippen molar-refractivity contribution in [1.82, 2.24) is 4.90 Å². The lowest BCUT2D eigenvalue weighted by Crippen LogP contribution is -2.30. The smallest absolute Gasteiger partial charge is 0.0802 e. The van der Waals surface area contributed by atoms with Crippen LogP contribution in [0, 0.1) is 12.8 Å². The Morgan fingerprint density at radius 3 is 2.50 bits per heavy atom. The second-order valence-electron chi connectivity index (χ2n) is 6.67. The summed E-state index contributed by atoms with van der Waals surface area (Å²) in [6.45, 7) is 8.85. The molecule has 1 aromatic carbocycles. The number of aliphatic hydroxyl groups excluding tert-OH is 1. The van der Waals surface area contributed by atoms with E-state index in [0.29, 0.717) is 0 Å². The molecule has 1 atom stereocenters. The van der Waals surface area contributed by atoms with E-state index in [0.717, 1.165) is 30.5 Å². The number of hydrogen-bond donors (Lipinski definition) is 1. The molecule has 0 aromatic heterocycles. The first-order valence-electron chi connectivity index (χ1n) is 8.05. The van der Waals surface area contributed by atoms with Crippen LogP contribution in [-0.4, -0.2) is 29.1 Å². The largest absolute Gasteiger partial charge is 0.388 e. The first-order valence-corrected chi connectivity index (χ1v) is 8.05. The molecule has 1 aliphatic carbocycles. The average molecular weight is 275 g/mol. The van der Waals surface area contributed by atoms with E-state index in [9.17, 15) is 5.11 Å². The third-order valence-corrected chi connectivity index (χ3v) is 4.17. The van der Waals surface area contributed by atoms with Gasteiger partial charge in [0.15, 0.2) is 0 Å². The molecule has 0 aliphatic heterocycles. The lowest BCUT2D eigenvalue weighted by Gasteiger charge is -2.24. The summed E-state index contributed by atoms with van der Waals surface area (Å²) in [5.41, 5.74) is 2.28. The minimum absolute atomic E-state index is 0.324. The number of aliphatic hydroxyl groups is 1. The van der Waals surface area contributed by atoms with E-state index in [4.69, 9.17) is 0 Å². The van der Waals surface area contributed by atoms with Crippen molar-refractivity contribution in [2.75, 3.05) is 13.1 Å². The van der Waals surface area contributed by atoms with Crippen LogP contribution in [-0.2, 0) is 0 Å². The van der Waals surface area contributed by atoms with Gasteiger partial charge in [0, 0.05) is 12.6 Å². The summed E-state index contributed by atoms with van der Waals surface area (Å²) in [5, 5.41) is 10.3. The molecule has 20 heavy (non-hydrogen) atoms. The van der Waals surface area contributed by atoms with E-state index in [1.54, 1.807) is 0 Å². The predicted octanol–water partition coefficient (Wildman–Crippen LogP) is 3.93. The summed E-state index contributed by atoms with van der Waals surface area (Å²) >= 11 is 0. The lowest BCUT2D eigenvalue weighted by atomic mass is 10.0. The summed E-state index contributed by atoms with van der Waals surface area (Å²) in [6, 6.07) is 9.03. The molecule has 1 saturated carbocycles. The van der Waals surface area contributed by atoms with Gasteiger partial charge < -0.3 is 10.0 Å². The van der Waals surface area contributed by atoms with Gasteiger partial charge in [-0.1, -0.05) is 43.7 Å². The van der Waals surface area contributed by atoms with Crippen molar-refractivity contribution in [2.24, 2.45) is 5.92 Å². The molecule has 112 valence electrons. The maximum atomic E-state index is 10.3. The average Bonchev–Trinajstić information content (AvgIpc) is 3.22. The van der Waals surface area contributed by atoms with Crippen LogP contribution < -0.4 is 0 Å². The quantitative estimate of drug-likeness (QED) is 0.777. The second-order valence-corrected chi connectivity index (χ2v) is 6.67. The number of hydrogen-bond acceptors (Lipinski definition) is 2. The van der Waals surface area contributed by atoms with E-state index >= 15 is 0 Å². The summed E-state index contributed by atoms with van der Waals surface area (Å²) in [7, 11) is 0. The molecule has 1 aromatic rings. The van der Waals surface area contributed by atoms with Crippen LogP contribution >= 0.6 is 0 Å². The van der Waals surface area contributed by atoms with E-state index in [1.807, 2.05) is 12.1 Å². The van der Waals surface area contributed by atoms with Crippen molar-refractivity contribution in [3.8, 4) is 0 Å². The molecule has 0 heterocycles. The zero-order chi connectivity index (χ0) is 14.5. The topological polar surface area (TPSA) is 23.5 Å². The van der Waals surface area contributed by atoms with Gasteiger partial charge in [-0.2, -0.15) is 0 Å². The van der Waals surface area contributed by atoms with Crippen LogP contribution in [0.3, 0.4) is 0 Å². The fraction of sp³-hybridized carbons (Fsp3) is 0.667. The first kappa shape index (κ1) is 15.5. The lowest BCUT2D eigenvalue weighted by molar-refractivity contribution is 0.137. The van der Waals surface area contributed by atoms with Crippen molar-refractivity contribution in [1.29, 1.82) is 0 Å². The zero-order valence-corrected chi connectivity index (χ0v) is 13.2. The number of nitrogens with zero attached hydrogens (tertiary/aromatic N) is 1. The molecule has 1 fully saturated rings. The highest BCUT2D eigenvalue weighted by Gasteiger charge is 2.28. The van der Waals surface area contributed by atoms with Gasteiger partial charge in [-0.15, -0.1) is 0 Å². The fourth-order valence-corrected chi connectivity index (χ4v) is 2.67. The summed E-state index contributed by atoms with van der Waals surface area (Å²) in [4.78, 5) is 2.58. The maximum Gasteiger partial charge on any atom is 0.0802 e. The molecule has 0 radical (unpaired) electrons. The number of aryl methyl sites for hydroxylation is 1. The van der Waals surface area contributed by atoms with Crippen LogP contribution in [0.5, 0.6) is 0 Å². The van der Waals surface area contributed by atoms with E-state index in [-0.39, 0.29) is 6.10 Å². The van der Waals surface area contributed by atoms with E-state index in [2.05, 4.69) is 37.8 Å². The highest BCUT2D eigenvalue weighted by molar-refractivity contribution is 5.23. The highest BCUT2D eigenvalue weighted by atomic mass is 16.3. The van der Waals surface area contributed by atoms with Gasteiger partial charge in [0.05, 0.1) is 6.10 Å². The predicted molar refractivity (Wildman–Crippen MR) is 84.8 cm³/mol. The van der Waals surface area contributed by atoms with Gasteiger partial charge >= 0.3 is 0 Å². The van der Waals surface area contributed by atoms with Crippen LogP contribution in [0.15, 0.2) is 24.3 Å². The Hall–Kier alpha value is -0.860. The van der Waals surface area contributed by atoms with Crippen molar-refractivity contribution in [2.45, 2.75) is 58.6 Å². The SMILES string of the molecule is Cc1cccc(C(O)CCN(CCC(C)C)C2CC2)c1. The Balaban J connectivity index is 1.82. The molecule has 1 N–H and O–H groups in total. The monoisotopic (exact) mass is 275 g/mol. The Morgan fingerprint density at radius 2 is 1.90 bits per heavy atom. The van der Waals surface area contributed by atoms with Gasteiger partial charge in [0.1, 0.15) is 0 Å². The molecular formula is C18H29NO. The molecule has 0 spiro atoms. The minimum Gasteiger partial charge on any atom is -0.388 e. The van der Waals surface area contributed by atoms with Crippen molar-refractivity contribution < 1.29 is 5.11 Å². The molecule has 2 nitrogen and oxygen atoms in total. The Bertz CT molecular complexity index is 412. The molecule has 1 aliphatic rings. The third kappa shape index (κ3) is 4.92. The normalized spacial score (nSPS) is 16.9. The molecule has 0 saturated heterocycles.